The second-order valence-corrected chi connectivity index (χ2v) is 5.65. The van der Waals surface area contributed by atoms with Crippen LogP contribution in [-0.2, 0) is 4.79 Å². The van der Waals surface area contributed by atoms with Gasteiger partial charge in [-0.15, -0.1) is 0 Å². The number of aliphatic hydroxyl groups excluding tert-OH is 1. The Hall–Kier alpha value is -2.33. The van der Waals surface area contributed by atoms with Crippen LogP contribution in [0, 0.1) is 0 Å². The minimum Gasteiger partial charge on any atom is -0.476 e. The first-order valence-electron chi connectivity index (χ1n) is 7.82. The molecule has 0 aliphatic heterocycles. The van der Waals surface area contributed by atoms with Crippen molar-refractivity contribution in [1.29, 1.82) is 0 Å². The molecule has 2 aromatic rings. The van der Waals surface area contributed by atoms with Crippen LogP contribution in [0.25, 0.3) is 0 Å². The summed E-state index contributed by atoms with van der Waals surface area (Å²) in [4.78, 5) is 12.4. The Bertz CT molecular complexity index is 626. The van der Waals surface area contributed by atoms with Crippen LogP contribution in [0.15, 0.2) is 54.6 Å². The standard InChI is InChI=1S/C19H23NO3/c1-14(2)16-9-6-10-17(13-16)23-18(19(22)20-11-12-21)15-7-4-3-5-8-15/h3-10,13-14,18,21H,11-12H2,1-2H3,(H,20,22). The van der Waals surface area contributed by atoms with Gasteiger partial charge < -0.3 is 15.2 Å². The van der Waals surface area contributed by atoms with E-state index in [1.54, 1.807) is 0 Å². The fraction of sp³-hybridized carbons (Fsp3) is 0.316. The molecular formula is C19H23NO3. The van der Waals surface area contributed by atoms with Crippen molar-refractivity contribution in [3.63, 3.8) is 0 Å². The quantitative estimate of drug-likeness (QED) is 0.826. The maximum absolute atomic E-state index is 12.4. The molecule has 1 amide bonds. The summed E-state index contributed by atoms with van der Waals surface area (Å²) in [5.41, 5.74) is 1.93. The minimum absolute atomic E-state index is 0.101. The van der Waals surface area contributed by atoms with Crippen molar-refractivity contribution >= 4 is 5.91 Å². The van der Waals surface area contributed by atoms with E-state index in [0.29, 0.717) is 11.7 Å². The van der Waals surface area contributed by atoms with Crippen molar-refractivity contribution in [1.82, 2.24) is 5.32 Å². The summed E-state index contributed by atoms with van der Waals surface area (Å²) in [6, 6.07) is 17.1. The lowest BCUT2D eigenvalue weighted by Gasteiger charge is -2.20. The van der Waals surface area contributed by atoms with Gasteiger partial charge in [0.1, 0.15) is 5.75 Å². The Labute approximate surface area is 137 Å². The molecule has 4 heteroatoms. The molecule has 23 heavy (non-hydrogen) atoms. The fourth-order valence-corrected chi connectivity index (χ4v) is 2.26. The molecule has 0 aliphatic rings. The number of benzene rings is 2. The molecule has 0 aromatic heterocycles. The molecule has 0 heterocycles. The highest BCUT2D eigenvalue weighted by molar-refractivity contribution is 5.82. The van der Waals surface area contributed by atoms with Gasteiger partial charge in [0, 0.05) is 12.1 Å². The lowest BCUT2D eigenvalue weighted by molar-refractivity contribution is -0.128. The highest BCUT2D eigenvalue weighted by atomic mass is 16.5. The summed E-state index contributed by atoms with van der Waals surface area (Å²) in [7, 11) is 0. The molecule has 2 aromatic carbocycles. The highest BCUT2D eigenvalue weighted by Gasteiger charge is 2.22. The van der Waals surface area contributed by atoms with Gasteiger partial charge in [0.25, 0.3) is 5.91 Å². The summed E-state index contributed by atoms with van der Waals surface area (Å²) in [6.45, 7) is 4.33. The molecule has 122 valence electrons. The summed E-state index contributed by atoms with van der Waals surface area (Å²) < 4.78 is 5.96. The first-order valence-corrected chi connectivity index (χ1v) is 7.82. The third kappa shape index (κ3) is 4.83. The SMILES string of the molecule is CC(C)c1cccc(OC(C(=O)NCCO)c2ccccc2)c1. The monoisotopic (exact) mass is 313 g/mol. The van der Waals surface area contributed by atoms with E-state index in [1.807, 2.05) is 54.6 Å². The van der Waals surface area contributed by atoms with E-state index in [-0.39, 0.29) is 19.1 Å². The van der Waals surface area contributed by atoms with Gasteiger partial charge in [-0.25, -0.2) is 0 Å². The van der Waals surface area contributed by atoms with Crippen LogP contribution in [0.1, 0.15) is 37.0 Å². The van der Waals surface area contributed by atoms with E-state index in [0.717, 1.165) is 11.1 Å². The van der Waals surface area contributed by atoms with E-state index in [4.69, 9.17) is 9.84 Å². The van der Waals surface area contributed by atoms with Crippen LogP contribution in [0.3, 0.4) is 0 Å². The van der Waals surface area contributed by atoms with Crippen molar-refractivity contribution in [2.45, 2.75) is 25.9 Å². The van der Waals surface area contributed by atoms with Gasteiger partial charge in [-0.2, -0.15) is 0 Å². The van der Waals surface area contributed by atoms with Crippen LogP contribution in [0.4, 0.5) is 0 Å². The molecule has 0 aliphatic carbocycles. The lowest BCUT2D eigenvalue weighted by atomic mass is 10.0. The van der Waals surface area contributed by atoms with Crippen molar-refractivity contribution in [3.8, 4) is 5.75 Å². The van der Waals surface area contributed by atoms with Crippen molar-refractivity contribution < 1.29 is 14.6 Å². The minimum atomic E-state index is -0.745. The summed E-state index contributed by atoms with van der Waals surface area (Å²) in [5, 5.41) is 11.6. The Morgan fingerprint density at radius 3 is 2.43 bits per heavy atom. The number of amides is 1. The molecule has 1 atom stereocenters. The molecule has 0 spiro atoms. The molecule has 0 radical (unpaired) electrons. The number of hydrogen-bond acceptors (Lipinski definition) is 3. The van der Waals surface area contributed by atoms with Crippen molar-refractivity contribution in [3.05, 3.63) is 65.7 Å². The van der Waals surface area contributed by atoms with Gasteiger partial charge in [0.15, 0.2) is 0 Å². The number of aliphatic hydroxyl groups is 1. The van der Waals surface area contributed by atoms with E-state index in [2.05, 4.69) is 19.2 Å². The first kappa shape index (κ1) is 17.0. The molecule has 2 N–H and O–H groups in total. The zero-order valence-electron chi connectivity index (χ0n) is 13.5. The zero-order chi connectivity index (χ0) is 16.7. The normalized spacial score (nSPS) is 12.0. The number of carbonyl (C=O) groups is 1. The maximum Gasteiger partial charge on any atom is 0.265 e. The topological polar surface area (TPSA) is 58.6 Å². The smallest absolute Gasteiger partial charge is 0.265 e. The Kier molecular flexibility index (Phi) is 6.18. The number of rotatable bonds is 7. The molecule has 0 bridgehead atoms. The van der Waals surface area contributed by atoms with E-state index in [1.165, 1.54) is 0 Å². The molecular weight excluding hydrogens is 290 g/mol. The second-order valence-electron chi connectivity index (χ2n) is 5.65. The number of ether oxygens (including phenoxy) is 1. The fourth-order valence-electron chi connectivity index (χ4n) is 2.26. The second kappa shape index (κ2) is 8.34. The Morgan fingerprint density at radius 2 is 1.78 bits per heavy atom. The summed E-state index contributed by atoms with van der Waals surface area (Å²) in [5.74, 6) is 0.779. The van der Waals surface area contributed by atoms with Gasteiger partial charge in [0.05, 0.1) is 6.61 Å². The summed E-state index contributed by atoms with van der Waals surface area (Å²) in [6.07, 6.45) is -0.745. The van der Waals surface area contributed by atoms with Gasteiger partial charge in [0.2, 0.25) is 6.10 Å². The summed E-state index contributed by atoms with van der Waals surface area (Å²) >= 11 is 0. The Morgan fingerprint density at radius 1 is 1.09 bits per heavy atom. The largest absolute Gasteiger partial charge is 0.476 e. The van der Waals surface area contributed by atoms with Gasteiger partial charge in [-0.3, -0.25) is 4.79 Å². The van der Waals surface area contributed by atoms with Crippen LogP contribution in [0.2, 0.25) is 0 Å². The number of hydrogen-bond donors (Lipinski definition) is 2. The Balaban J connectivity index is 2.24. The molecule has 0 saturated carbocycles. The third-order valence-corrected chi connectivity index (χ3v) is 3.53. The van der Waals surface area contributed by atoms with Crippen LogP contribution in [0.5, 0.6) is 5.75 Å². The average Bonchev–Trinajstić information content (AvgIpc) is 2.58. The van der Waals surface area contributed by atoms with E-state index < -0.39 is 6.10 Å². The van der Waals surface area contributed by atoms with Gasteiger partial charge in [-0.1, -0.05) is 56.3 Å². The van der Waals surface area contributed by atoms with Crippen molar-refractivity contribution in [2.75, 3.05) is 13.2 Å². The van der Waals surface area contributed by atoms with Crippen LogP contribution in [-0.4, -0.2) is 24.2 Å². The maximum atomic E-state index is 12.4. The third-order valence-electron chi connectivity index (χ3n) is 3.53. The van der Waals surface area contributed by atoms with E-state index >= 15 is 0 Å². The van der Waals surface area contributed by atoms with Gasteiger partial charge in [-0.05, 0) is 23.6 Å². The number of nitrogens with one attached hydrogen (secondary N) is 1. The predicted octanol–water partition coefficient (Wildman–Crippen LogP) is 3.04. The molecule has 0 fully saturated rings. The van der Waals surface area contributed by atoms with Crippen LogP contribution >= 0.6 is 0 Å². The van der Waals surface area contributed by atoms with E-state index in [9.17, 15) is 4.79 Å². The number of carbonyl (C=O) groups excluding carboxylic acids is 1. The molecule has 2 rings (SSSR count). The molecule has 1 unspecified atom stereocenters. The van der Waals surface area contributed by atoms with Gasteiger partial charge >= 0.3 is 0 Å². The molecule has 4 nitrogen and oxygen atoms in total. The first-order chi connectivity index (χ1) is 11.1. The predicted molar refractivity (Wildman–Crippen MR) is 90.4 cm³/mol. The zero-order valence-corrected chi connectivity index (χ0v) is 13.5. The van der Waals surface area contributed by atoms with Crippen molar-refractivity contribution in [2.24, 2.45) is 0 Å². The van der Waals surface area contributed by atoms with Crippen LogP contribution < -0.4 is 10.1 Å². The molecule has 0 saturated heterocycles. The highest BCUT2D eigenvalue weighted by Crippen LogP contribution is 2.25. The lowest BCUT2D eigenvalue weighted by Crippen LogP contribution is -2.34. The average molecular weight is 313 g/mol.